The minimum atomic E-state index is -4.43. The van der Waals surface area contributed by atoms with Crippen LogP contribution in [0.1, 0.15) is 48.0 Å². The number of halogens is 3. The van der Waals surface area contributed by atoms with Gasteiger partial charge in [0.05, 0.1) is 5.56 Å². The first-order valence-electron chi connectivity index (χ1n) is 10.9. The Morgan fingerprint density at radius 2 is 1.70 bits per heavy atom. The Morgan fingerprint density at radius 1 is 1.03 bits per heavy atom. The summed E-state index contributed by atoms with van der Waals surface area (Å²) in [6.45, 7) is 0.442. The fourth-order valence-electron chi connectivity index (χ4n) is 4.50. The number of rotatable bonds is 6. The van der Waals surface area contributed by atoms with Gasteiger partial charge < -0.3 is 10.6 Å². The monoisotopic (exact) mass is 459 g/mol. The number of urea groups is 1. The number of alkyl halides is 3. The van der Waals surface area contributed by atoms with Gasteiger partial charge in [0.2, 0.25) is 0 Å². The predicted octanol–water partition coefficient (Wildman–Crippen LogP) is 4.36. The lowest BCUT2D eigenvalue weighted by atomic mass is 9.98. The molecule has 0 bridgehead atoms. The van der Waals surface area contributed by atoms with Crippen LogP contribution in [0.15, 0.2) is 48.5 Å². The van der Waals surface area contributed by atoms with E-state index in [1.807, 2.05) is 0 Å². The van der Waals surface area contributed by atoms with Crippen LogP contribution in [0.3, 0.4) is 0 Å². The summed E-state index contributed by atoms with van der Waals surface area (Å²) < 4.78 is 38.5. The van der Waals surface area contributed by atoms with Crippen LogP contribution in [0, 0.1) is 0 Å². The third kappa shape index (κ3) is 4.58. The average molecular weight is 459 g/mol. The number of hydrogen-bond donors (Lipinski definition) is 2. The number of nitrogens with one attached hydrogen (secondary N) is 2. The second kappa shape index (κ2) is 8.88. The molecular weight excluding hydrogens is 435 g/mol. The zero-order chi connectivity index (χ0) is 23.6. The van der Waals surface area contributed by atoms with E-state index in [1.165, 1.54) is 17.0 Å². The number of amides is 4. The van der Waals surface area contributed by atoms with Crippen LogP contribution in [0.25, 0.3) is 11.1 Å². The average Bonchev–Trinajstić information content (AvgIpc) is 3.35. The fourth-order valence-corrected chi connectivity index (χ4v) is 4.50. The zero-order valence-electron chi connectivity index (χ0n) is 17.9. The molecule has 1 saturated heterocycles. The summed E-state index contributed by atoms with van der Waals surface area (Å²) in [5.74, 6) is -0.570. The molecule has 1 saturated carbocycles. The van der Waals surface area contributed by atoms with Gasteiger partial charge in [-0.2, -0.15) is 13.2 Å². The number of imide groups is 1. The van der Waals surface area contributed by atoms with Crippen molar-refractivity contribution in [2.24, 2.45) is 0 Å². The molecular formula is C24H24F3N3O3. The van der Waals surface area contributed by atoms with E-state index >= 15 is 0 Å². The molecule has 2 aromatic carbocycles. The summed E-state index contributed by atoms with van der Waals surface area (Å²) in [5, 5.41) is 5.59. The minimum Gasteiger partial charge on any atom is -0.352 e. The normalized spacial score (nSPS) is 17.5. The molecule has 0 unspecified atom stereocenters. The largest absolute Gasteiger partial charge is 0.416 e. The van der Waals surface area contributed by atoms with Crippen LogP contribution in [-0.2, 0) is 11.0 Å². The molecule has 4 amide bonds. The summed E-state index contributed by atoms with van der Waals surface area (Å²) in [7, 11) is 0. The van der Waals surface area contributed by atoms with Crippen LogP contribution in [0.5, 0.6) is 0 Å². The van der Waals surface area contributed by atoms with E-state index in [2.05, 4.69) is 10.6 Å². The molecule has 2 N–H and O–H groups in total. The van der Waals surface area contributed by atoms with Gasteiger partial charge in [0.15, 0.2) is 0 Å². The molecule has 0 atom stereocenters. The molecule has 2 fully saturated rings. The quantitative estimate of drug-likeness (QED) is 0.498. The number of hydrogen-bond acceptors (Lipinski definition) is 3. The Morgan fingerprint density at radius 3 is 2.36 bits per heavy atom. The highest BCUT2D eigenvalue weighted by Gasteiger charge is 2.52. The van der Waals surface area contributed by atoms with Crippen molar-refractivity contribution in [3.05, 3.63) is 59.7 Å². The Balaban J connectivity index is 1.36. The molecule has 1 heterocycles. The van der Waals surface area contributed by atoms with Gasteiger partial charge in [-0.1, -0.05) is 43.2 Å². The first-order chi connectivity index (χ1) is 15.7. The summed E-state index contributed by atoms with van der Waals surface area (Å²) in [6.07, 6.45) is -0.899. The molecule has 1 aliphatic carbocycles. The Bertz CT molecular complexity index is 1060. The SMILES string of the molecule is O=C(NCCCN1C(=O)NC2(CCCC2)C1=O)c1ccccc1-c1ccc(C(F)(F)F)cc1. The lowest BCUT2D eigenvalue weighted by molar-refractivity contribution is -0.137. The van der Waals surface area contributed by atoms with E-state index in [0.717, 1.165) is 25.0 Å². The van der Waals surface area contributed by atoms with E-state index in [-0.39, 0.29) is 30.9 Å². The molecule has 1 aliphatic heterocycles. The van der Waals surface area contributed by atoms with Crippen LogP contribution in [-0.4, -0.2) is 41.4 Å². The Labute approximate surface area is 189 Å². The van der Waals surface area contributed by atoms with E-state index in [9.17, 15) is 27.6 Å². The van der Waals surface area contributed by atoms with E-state index in [4.69, 9.17) is 0 Å². The van der Waals surface area contributed by atoms with Crippen molar-refractivity contribution in [1.29, 1.82) is 0 Å². The number of benzene rings is 2. The second-order valence-electron chi connectivity index (χ2n) is 8.41. The standard InChI is InChI=1S/C24H24F3N3O3/c25-24(26,27)17-10-8-16(9-11-17)18-6-1-2-7-19(18)20(31)28-14-5-15-30-21(32)23(29-22(30)33)12-3-4-13-23/h1-2,6-11H,3-5,12-15H2,(H,28,31)(H,29,33). The maximum Gasteiger partial charge on any atom is 0.416 e. The van der Waals surface area contributed by atoms with Crippen molar-refractivity contribution in [1.82, 2.24) is 15.5 Å². The van der Waals surface area contributed by atoms with Crippen LogP contribution in [0.2, 0.25) is 0 Å². The van der Waals surface area contributed by atoms with E-state index < -0.39 is 17.3 Å². The van der Waals surface area contributed by atoms with Crippen molar-refractivity contribution < 1.29 is 27.6 Å². The summed E-state index contributed by atoms with van der Waals surface area (Å²) >= 11 is 0. The molecule has 174 valence electrons. The molecule has 0 aromatic heterocycles. The number of carbonyl (C=O) groups excluding carboxylic acids is 3. The van der Waals surface area contributed by atoms with Crippen LogP contribution < -0.4 is 10.6 Å². The summed E-state index contributed by atoms with van der Waals surface area (Å²) in [5.41, 5.74) is -0.165. The smallest absolute Gasteiger partial charge is 0.352 e. The topological polar surface area (TPSA) is 78.5 Å². The van der Waals surface area contributed by atoms with Crippen molar-refractivity contribution >= 4 is 17.8 Å². The van der Waals surface area contributed by atoms with Gasteiger partial charge in [0.25, 0.3) is 11.8 Å². The van der Waals surface area contributed by atoms with Crippen molar-refractivity contribution in [3.63, 3.8) is 0 Å². The molecule has 4 rings (SSSR count). The molecule has 2 aliphatic rings. The Kier molecular flexibility index (Phi) is 6.14. The minimum absolute atomic E-state index is 0.191. The third-order valence-corrected chi connectivity index (χ3v) is 6.24. The number of nitrogens with zero attached hydrogens (tertiary/aromatic N) is 1. The van der Waals surface area contributed by atoms with Gasteiger partial charge in [-0.05, 0) is 48.6 Å². The van der Waals surface area contributed by atoms with Gasteiger partial charge in [0, 0.05) is 18.7 Å². The van der Waals surface area contributed by atoms with E-state index in [1.54, 1.807) is 24.3 Å². The van der Waals surface area contributed by atoms with Gasteiger partial charge in [-0.15, -0.1) is 0 Å². The fraction of sp³-hybridized carbons (Fsp3) is 0.375. The molecule has 6 nitrogen and oxygen atoms in total. The van der Waals surface area contributed by atoms with Gasteiger partial charge >= 0.3 is 12.2 Å². The van der Waals surface area contributed by atoms with Crippen molar-refractivity contribution in [2.45, 2.75) is 43.8 Å². The van der Waals surface area contributed by atoms with Gasteiger partial charge in [-0.25, -0.2) is 4.79 Å². The molecule has 9 heteroatoms. The highest BCUT2D eigenvalue weighted by atomic mass is 19.4. The molecule has 1 spiro atoms. The summed E-state index contributed by atoms with van der Waals surface area (Å²) in [6, 6.07) is 10.9. The summed E-state index contributed by atoms with van der Waals surface area (Å²) in [4.78, 5) is 38.8. The zero-order valence-corrected chi connectivity index (χ0v) is 17.9. The van der Waals surface area contributed by atoms with Crippen molar-refractivity contribution in [3.8, 4) is 11.1 Å². The van der Waals surface area contributed by atoms with Gasteiger partial charge in [0.1, 0.15) is 5.54 Å². The highest BCUT2D eigenvalue weighted by Crippen LogP contribution is 2.35. The lowest BCUT2D eigenvalue weighted by Gasteiger charge is -2.20. The number of carbonyl (C=O) groups is 3. The van der Waals surface area contributed by atoms with Gasteiger partial charge in [-0.3, -0.25) is 14.5 Å². The third-order valence-electron chi connectivity index (χ3n) is 6.24. The second-order valence-corrected chi connectivity index (χ2v) is 8.41. The molecule has 33 heavy (non-hydrogen) atoms. The maximum atomic E-state index is 12.8. The first-order valence-corrected chi connectivity index (χ1v) is 10.9. The van der Waals surface area contributed by atoms with Crippen molar-refractivity contribution in [2.75, 3.05) is 13.1 Å². The lowest BCUT2D eigenvalue weighted by Crippen LogP contribution is -2.44. The molecule has 0 radical (unpaired) electrons. The van der Waals surface area contributed by atoms with Crippen LogP contribution in [0.4, 0.5) is 18.0 Å². The Hall–Kier alpha value is -3.36. The predicted molar refractivity (Wildman–Crippen MR) is 115 cm³/mol. The molecule has 2 aromatic rings. The van der Waals surface area contributed by atoms with Crippen LogP contribution >= 0.6 is 0 Å². The first kappa shape index (κ1) is 22.8. The highest BCUT2D eigenvalue weighted by molar-refractivity contribution is 6.07. The van der Waals surface area contributed by atoms with E-state index in [0.29, 0.717) is 36.0 Å². The maximum absolute atomic E-state index is 12.8.